The Bertz CT molecular complexity index is 1110. The van der Waals surface area contributed by atoms with Crippen LogP contribution in [0.3, 0.4) is 0 Å². The maximum absolute atomic E-state index is 13.3. The lowest BCUT2D eigenvalue weighted by Crippen LogP contribution is -2.39. The second-order valence-corrected chi connectivity index (χ2v) is 7.80. The fourth-order valence-corrected chi connectivity index (χ4v) is 4.33. The zero-order chi connectivity index (χ0) is 20.5. The van der Waals surface area contributed by atoms with Crippen LogP contribution in [0, 0.1) is 18.3 Å². The molecule has 6 nitrogen and oxygen atoms in total. The third kappa shape index (κ3) is 3.39. The van der Waals surface area contributed by atoms with Gasteiger partial charge in [-0.25, -0.2) is 4.99 Å². The Morgan fingerprint density at radius 2 is 1.86 bits per heavy atom. The number of allylic oxidation sites excluding steroid dienone is 2. The largest absolute Gasteiger partial charge is 0.383 e. The topological polar surface area (TPSA) is 94.5 Å². The zero-order valence-corrected chi connectivity index (χ0v) is 16.8. The molecule has 0 radical (unpaired) electrons. The number of amidine groups is 1. The first kappa shape index (κ1) is 18.8. The van der Waals surface area contributed by atoms with Gasteiger partial charge in [-0.1, -0.05) is 48.0 Å². The molecule has 4 rings (SSSR count). The van der Waals surface area contributed by atoms with Gasteiger partial charge in [0.15, 0.2) is 5.17 Å². The molecule has 3 N–H and O–H groups in total. The summed E-state index contributed by atoms with van der Waals surface area (Å²) in [4.78, 5) is 20.0. The van der Waals surface area contributed by atoms with E-state index in [1.807, 2.05) is 68.4 Å². The predicted molar refractivity (Wildman–Crippen MR) is 115 cm³/mol. The van der Waals surface area contributed by atoms with Gasteiger partial charge in [-0.2, -0.15) is 5.26 Å². The van der Waals surface area contributed by atoms with Crippen LogP contribution < -0.4 is 11.1 Å². The maximum atomic E-state index is 13.3. The summed E-state index contributed by atoms with van der Waals surface area (Å²) in [5.41, 5.74) is 10.1. The number of nitrogens with zero attached hydrogens (tertiary/aromatic N) is 3. The zero-order valence-electron chi connectivity index (χ0n) is 16.0. The molecule has 2 heterocycles. The average molecular weight is 401 g/mol. The van der Waals surface area contributed by atoms with Crippen LogP contribution in [0.5, 0.6) is 0 Å². The standard InChI is InChI=1S/C22H19N5OS/c1-13-8-10-15(11-9-13)19-18(21(28)26-16-6-4-3-5-7-16)14(2)25-22-27(19)20(24)17(12-23)29-22/h3-11,19H,24H2,1-2H3,(H,26,28)/t19-/m0/s1. The van der Waals surface area contributed by atoms with Crippen LogP contribution >= 0.6 is 11.8 Å². The number of benzene rings is 2. The molecule has 2 aromatic rings. The van der Waals surface area contributed by atoms with Crippen molar-refractivity contribution in [2.24, 2.45) is 10.7 Å². The van der Waals surface area contributed by atoms with E-state index in [1.54, 1.807) is 4.90 Å². The van der Waals surface area contributed by atoms with Gasteiger partial charge in [0.2, 0.25) is 0 Å². The van der Waals surface area contributed by atoms with Crippen LogP contribution in [0.4, 0.5) is 5.69 Å². The molecule has 0 saturated heterocycles. The number of aliphatic imine (C=N–C) groups is 1. The highest BCUT2D eigenvalue weighted by molar-refractivity contribution is 8.17. The molecule has 1 atom stereocenters. The van der Waals surface area contributed by atoms with E-state index in [1.165, 1.54) is 11.8 Å². The van der Waals surface area contributed by atoms with E-state index in [-0.39, 0.29) is 5.91 Å². The Morgan fingerprint density at radius 3 is 2.52 bits per heavy atom. The van der Waals surface area contributed by atoms with Gasteiger partial charge in [0.05, 0.1) is 17.3 Å². The van der Waals surface area contributed by atoms with Crippen LogP contribution in [-0.2, 0) is 4.79 Å². The molecular formula is C22H19N5OS. The molecule has 2 aliphatic rings. The number of nitrogens with two attached hydrogens (primary N) is 1. The Balaban J connectivity index is 1.82. The van der Waals surface area contributed by atoms with Crippen molar-refractivity contribution in [1.29, 1.82) is 5.26 Å². The molecular weight excluding hydrogens is 382 g/mol. The van der Waals surface area contributed by atoms with Crippen molar-refractivity contribution in [3.63, 3.8) is 0 Å². The molecule has 2 aliphatic heterocycles. The third-order valence-corrected chi connectivity index (χ3v) is 5.82. The SMILES string of the molecule is CC1=C(C(=O)Nc2ccccc2)[C@H](c2ccc(C)cc2)N2C(=N1)SC(C#N)=C2N. The van der Waals surface area contributed by atoms with E-state index < -0.39 is 6.04 Å². The number of carbonyl (C=O) groups is 1. The number of hydrogen-bond acceptors (Lipinski definition) is 6. The molecule has 0 saturated carbocycles. The normalized spacial score (nSPS) is 18.3. The van der Waals surface area contributed by atoms with Crippen LogP contribution in [-0.4, -0.2) is 16.0 Å². The summed E-state index contributed by atoms with van der Waals surface area (Å²) in [5, 5.41) is 13.0. The molecule has 1 amide bonds. The minimum absolute atomic E-state index is 0.245. The van der Waals surface area contributed by atoms with Gasteiger partial charge in [-0.3, -0.25) is 9.69 Å². The first-order valence-electron chi connectivity index (χ1n) is 9.09. The second-order valence-electron chi connectivity index (χ2n) is 6.83. The van der Waals surface area contributed by atoms with Crippen LogP contribution in [0.25, 0.3) is 0 Å². The van der Waals surface area contributed by atoms with Crippen LogP contribution in [0.2, 0.25) is 0 Å². The highest BCUT2D eigenvalue weighted by atomic mass is 32.2. The number of aryl methyl sites for hydroxylation is 1. The first-order chi connectivity index (χ1) is 14.0. The number of amides is 1. The van der Waals surface area contributed by atoms with Gasteiger partial charge < -0.3 is 11.1 Å². The van der Waals surface area contributed by atoms with Gasteiger partial charge in [0, 0.05) is 5.69 Å². The number of anilines is 1. The van der Waals surface area contributed by atoms with E-state index in [4.69, 9.17) is 5.73 Å². The molecule has 0 fully saturated rings. The van der Waals surface area contributed by atoms with Gasteiger partial charge in [-0.15, -0.1) is 0 Å². The second kappa shape index (κ2) is 7.49. The Hall–Kier alpha value is -3.50. The van der Waals surface area contributed by atoms with Gasteiger partial charge in [0.25, 0.3) is 5.91 Å². The van der Waals surface area contributed by atoms with Gasteiger partial charge in [0.1, 0.15) is 16.8 Å². The Kier molecular flexibility index (Phi) is 4.87. The Morgan fingerprint density at radius 1 is 1.17 bits per heavy atom. The molecule has 7 heteroatoms. The summed E-state index contributed by atoms with van der Waals surface area (Å²) >= 11 is 1.23. The maximum Gasteiger partial charge on any atom is 0.255 e. The van der Waals surface area contributed by atoms with Crippen molar-refractivity contribution < 1.29 is 4.79 Å². The summed E-state index contributed by atoms with van der Waals surface area (Å²) < 4.78 is 0. The minimum Gasteiger partial charge on any atom is -0.383 e. The predicted octanol–water partition coefficient (Wildman–Crippen LogP) is 4.02. The minimum atomic E-state index is -0.467. The van der Waals surface area contributed by atoms with Crippen molar-refractivity contribution in [1.82, 2.24) is 4.90 Å². The van der Waals surface area contributed by atoms with Crippen molar-refractivity contribution in [2.75, 3.05) is 5.32 Å². The molecule has 0 bridgehead atoms. The number of carbonyl (C=O) groups excluding carboxylic acids is 1. The van der Waals surface area contributed by atoms with Gasteiger partial charge >= 0.3 is 0 Å². The van der Waals surface area contributed by atoms with Gasteiger partial charge in [-0.05, 0) is 43.3 Å². The molecule has 0 spiro atoms. The molecule has 0 aliphatic carbocycles. The fraction of sp³-hybridized carbons (Fsp3) is 0.136. The smallest absolute Gasteiger partial charge is 0.255 e. The number of hydrogen-bond donors (Lipinski definition) is 2. The third-order valence-electron chi connectivity index (χ3n) is 4.85. The summed E-state index contributed by atoms with van der Waals surface area (Å²) in [6.45, 7) is 3.82. The number of nitrogens with one attached hydrogen (secondary N) is 1. The summed E-state index contributed by atoms with van der Waals surface area (Å²) in [6, 6.07) is 18.9. The lowest BCUT2D eigenvalue weighted by atomic mass is 9.93. The van der Waals surface area contributed by atoms with E-state index in [0.717, 1.165) is 11.1 Å². The van der Waals surface area contributed by atoms with Crippen molar-refractivity contribution in [2.45, 2.75) is 19.9 Å². The quantitative estimate of drug-likeness (QED) is 0.810. The average Bonchev–Trinajstić information content (AvgIpc) is 3.03. The van der Waals surface area contributed by atoms with E-state index in [0.29, 0.717) is 32.9 Å². The molecule has 2 aromatic carbocycles. The van der Waals surface area contributed by atoms with E-state index >= 15 is 0 Å². The summed E-state index contributed by atoms with van der Waals surface area (Å²) in [6.07, 6.45) is 0. The van der Waals surface area contributed by atoms with E-state index in [9.17, 15) is 10.1 Å². The number of para-hydroxylation sites is 1. The van der Waals surface area contributed by atoms with Crippen molar-refractivity contribution in [3.05, 3.63) is 87.7 Å². The summed E-state index contributed by atoms with van der Waals surface area (Å²) in [7, 11) is 0. The van der Waals surface area contributed by atoms with Crippen molar-refractivity contribution in [3.8, 4) is 6.07 Å². The number of fused-ring (bicyclic) bond motifs is 1. The molecule has 0 unspecified atom stereocenters. The highest BCUT2D eigenvalue weighted by Gasteiger charge is 2.42. The number of thioether (sulfide) groups is 1. The van der Waals surface area contributed by atoms with Crippen molar-refractivity contribution >= 4 is 28.5 Å². The molecule has 0 aromatic heterocycles. The summed E-state index contributed by atoms with van der Waals surface area (Å²) in [5.74, 6) is 0.0737. The molecule has 144 valence electrons. The Labute approximate surface area is 173 Å². The lowest BCUT2D eigenvalue weighted by Gasteiger charge is -2.35. The lowest BCUT2D eigenvalue weighted by molar-refractivity contribution is -0.113. The van der Waals surface area contributed by atoms with E-state index in [2.05, 4.69) is 16.4 Å². The number of rotatable bonds is 3. The fourth-order valence-electron chi connectivity index (χ4n) is 3.42. The van der Waals surface area contributed by atoms with Crippen LogP contribution in [0.15, 0.2) is 81.6 Å². The number of nitriles is 1. The molecule has 29 heavy (non-hydrogen) atoms. The monoisotopic (exact) mass is 401 g/mol. The first-order valence-corrected chi connectivity index (χ1v) is 9.90. The van der Waals surface area contributed by atoms with Crippen LogP contribution in [0.1, 0.15) is 24.1 Å². The highest BCUT2D eigenvalue weighted by Crippen LogP contribution is 2.45.